The lowest BCUT2D eigenvalue weighted by Crippen LogP contribution is -3.15. The third kappa shape index (κ3) is 6.35. The molecule has 148 valence electrons. The van der Waals surface area contributed by atoms with Crippen LogP contribution in [0.25, 0.3) is 0 Å². The molecular formula is C21H25FN3O2S+. The Kier molecular flexibility index (Phi) is 7.45. The number of carbonyl (C=O) groups excluding carboxylic acids is 2. The normalized spacial score (nSPS) is 14.7. The molecule has 1 heterocycles. The number of quaternary nitrogens is 1. The molecule has 1 aliphatic heterocycles. The Morgan fingerprint density at radius 1 is 1.07 bits per heavy atom. The maximum Gasteiger partial charge on any atom is 0.279 e. The van der Waals surface area contributed by atoms with E-state index < -0.39 is 0 Å². The van der Waals surface area contributed by atoms with Crippen molar-refractivity contribution < 1.29 is 18.9 Å². The molecule has 0 spiro atoms. The zero-order valence-electron chi connectivity index (χ0n) is 15.7. The fourth-order valence-corrected chi connectivity index (χ4v) is 4.04. The van der Waals surface area contributed by atoms with Gasteiger partial charge in [0.15, 0.2) is 6.54 Å². The van der Waals surface area contributed by atoms with Crippen molar-refractivity contribution in [1.29, 1.82) is 0 Å². The van der Waals surface area contributed by atoms with Crippen LogP contribution in [0.2, 0.25) is 0 Å². The van der Waals surface area contributed by atoms with Crippen molar-refractivity contribution in [3.63, 3.8) is 0 Å². The molecule has 2 amide bonds. The first-order valence-corrected chi connectivity index (χ1v) is 10.4. The van der Waals surface area contributed by atoms with E-state index in [1.807, 2.05) is 35.2 Å². The lowest BCUT2D eigenvalue weighted by Gasteiger charge is -2.32. The van der Waals surface area contributed by atoms with Crippen LogP contribution in [0.5, 0.6) is 0 Å². The Labute approximate surface area is 168 Å². The quantitative estimate of drug-likeness (QED) is 0.693. The molecule has 0 unspecified atom stereocenters. The number of piperazine rings is 1. The van der Waals surface area contributed by atoms with Crippen LogP contribution in [0, 0.1) is 5.82 Å². The zero-order chi connectivity index (χ0) is 19.8. The van der Waals surface area contributed by atoms with E-state index in [9.17, 15) is 14.0 Å². The van der Waals surface area contributed by atoms with Crippen molar-refractivity contribution in [2.24, 2.45) is 0 Å². The average Bonchev–Trinajstić information content (AvgIpc) is 2.69. The molecule has 28 heavy (non-hydrogen) atoms. The number of amides is 2. The first-order valence-electron chi connectivity index (χ1n) is 9.45. The Morgan fingerprint density at radius 2 is 1.82 bits per heavy atom. The molecule has 5 nitrogen and oxygen atoms in total. The molecule has 1 aliphatic rings. The second kappa shape index (κ2) is 10.2. The van der Waals surface area contributed by atoms with E-state index >= 15 is 0 Å². The van der Waals surface area contributed by atoms with Gasteiger partial charge in [-0.2, -0.15) is 0 Å². The predicted octanol–water partition coefficient (Wildman–Crippen LogP) is 1.67. The van der Waals surface area contributed by atoms with Gasteiger partial charge in [0, 0.05) is 22.8 Å². The zero-order valence-corrected chi connectivity index (χ0v) is 16.5. The van der Waals surface area contributed by atoms with Gasteiger partial charge >= 0.3 is 0 Å². The molecule has 3 rings (SSSR count). The third-order valence-corrected chi connectivity index (χ3v) is 5.68. The number of nitrogens with zero attached hydrogens (tertiary/aromatic N) is 1. The van der Waals surface area contributed by atoms with Gasteiger partial charge in [0.2, 0.25) is 5.91 Å². The summed E-state index contributed by atoms with van der Waals surface area (Å²) in [4.78, 5) is 28.7. The molecule has 1 fully saturated rings. The predicted molar refractivity (Wildman–Crippen MR) is 109 cm³/mol. The highest BCUT2D eigenvalue weighted by molar-refractivity contribution is 7.99. The van der Waals surface area contributed by atoms with Crippen LogP contribution >= 0.6 is 11.8 Å². The molecule has 0 radical (unpaired) electrons. The lowest BCUT2D eigenvalue weighted by molar-refractivity contribution is -0.895. The van der Waals surface area contributed by atoms with Crippen molar-refractivity contribution in [2.45, 2.75) is 11.3 Å². The molecule has 0 saturated carbocycles. The largest absolute Gasteiger partial charge is 0.331 e. The summed E-state index contributed by atoms with van der Waals surface area (Å²) in [5.41, 5.74) is 0.467. The van der Waals surface area contributed by atoms with E-state index in [2.05, 4.69) is 5.32 Å². The summed E-state index contributed by atoms with van der Waals surface area (Å²) in [6, 6.07) is 16.0. The van der Waals surface area contributed by atoms with E-state index in [4.69, 9.17) is 0 Å². The van der Waals surface area contributed by atoms with Crippen LogP contribution in [-0.4, -0.2) is 55.2 Å². The summed E-state index contributed by atoms with van der Waals surface area (Å²) in [7, 11) is 0. The van der Waals surface area contributed by atoms with Crippen molar-refractivity contribution >= 4 is 29.3 Å². The summed E-state index contributed by atoms with van der Waals surface area (Å²) >= 11 is 1.69. The summed E-state index contributed by atoms with van der Waals surface area (Å²) < 4.78 is 13.2. The van der Waals surface area contributed by atoms with Gasteiger partial charge in [0.05, 0.1) is 26.2 Å². The minimum absolute atomic E-state index is 0.139. The average molecular weight is 403 g/mol. The SMILES string of the molecule is O=C(C[NH+]1CCN(C(=O)CCSc2ccccc2)CC1)Nc1cccc(F)c1. The summed E-state index contributed by atoms with van der Waals surface area (Å²) in [5, 5.41) is 2.72. The number of rotatable bonds is 7. The van der Waals surface area contributed by atoms with Gasteiger partial charge in [-0.05, 0) is 30.3 Å². The van der Waals surface area contributed by atoms with E-state index in [1.165, 1.54) is 17.0 Å². The van der Waals surface area contributed by atoms with Gasteiger partial charge in [-0.25, -0.2) is 4.39 Å². The number of nitrogens with one attached hydrogen (secondary N) is 2. The standard InChI is InChI=1S/C21H24FN3O2S/c22-17-5-4-6-18(15-17)23-20(26)16-24-10-12-25(13-11-24)21(27)9-14-28-19-7-2-1-3-8-19/h1-8,15H,9-14,16H2,(H,23,26)/p+1. The highest BCUT2D eigenvalue weighted by Gasteiger charge is 2.25. The number of hydrogen-bond acceptors (Lipinski definition) is 3. The van der Waals surface area contributed by atoms with E-state index in [-0.39, 0.29) is 17.6 Å². The van der Waals surface area contributed by atoms with Gasteiger partial charge in [0.1, 0.15) is 5.82 Å². The number of benzene rings is 2. The van der Waals surface area contributed by atoms with Crippen molar-refractivity contribution in [2.75, 3.05) is 43.8 Å². The van der Waals surface area contributed by atoms with Crippen molar-refractivity contribution in [3.05, 3.63) is 60.4 Å². The van der Waals surface area contributed by atoms with Crippen LogP contribution in [-0.2, 0) is 9.59 Å². The molecule has 0 aliphatic carbocycles. The first kappa shape index (κ1) is 20.4. The molecule has 2 N–H and O–H groups in total. The lowest BCUT2D eigenvalue weighted by atomic mass is 10.2. The van der Waals surface area contributed by atoms with Crippen LogP contribution in [0.1, 0.15) is 6.42 Å². The number of thioether (sulfide) groups is 1. The smallest absolute Gasteiger partial charge is 0.279 e. The molecule has 1 saturated heterocycles. The Morgan fingerprint density at radius 3 is 2.54 bits per heavy atom. The summed E-state index contributed by atoms with van der Waals surface area (Å²) in [6.45, 7) is 3.14. The van der Waals surface area contributed by atoms with Gasteiger partial charge in [-0.3, -0.25) is 9.59 Å². The monoisotopic (exact) mass is 402 g/mol. The van der Waals surface area contributed by atoms with Crippen molar-refractivity contribution in [1.82, 2.24) is 4.90 Å². The molecule has 2 aromatic carbocycles. The number of carbonyl (C=O) groups is 2. The fraction of sp³-hybridized carbons (Fsp3) is 0.333. The van der Waals surface area contributed by atoms with Crippen LogP contribution < -0.4 is 10.2 Å². The van der Waals surface area contributed by atoms with Crippen LogP contribution in [0.4, 0.5) is 10.1 Å². The summed E-state index contributed by atoms with van der Waals surface area (Å²) in [6.07, 6.45) is 0.523. The topological polar surface area (TPSA) is 53.9 Å². The van der Waals surface area contributed by atoms with Crippen LogP contribution in [0.15, 0.2) is 59.5 Å². The van der Waals surface area contributed by atoms with Gasteiger partial charge in [-0.1, -0.05) is 24.3 Å². The number of hydrogen-bond donors (Lipinski definition) is 2. The van der Waals surface area contributed by atoms with Crippen molar-refractivity contribution in [3.8, 4) is 0 Å². The minimum atomic E-state index is -0.372. The molecule has 0 aromatic heterocycles. The second-order valence-electron chi connectivity index (χ2n) is 6.78. The maximum atomic E-state index is 13.2. The summed E-state index contributed by atoms with van der Waals surface area (Å²) in [5.74, 6) is 0.431. The van der Waals surface area contributed by atoms with E-state index in [0.29, 0.717) is 31.7 Å². The van der Waals surface area contributed by atoms with E-state index in [0.717, 1.165) is 23.7 Å². The van der Waals surface area contributed by atoms with Crippen LogP contribution in [0.3, 0.4) is 0 Å². The highest BCUT2D eigenvalue weighted by Crippen LogP contribution is 2.18. The van der Waals surface area contributed by atoms with Gasteiger partial charge < -0.3 is 15.1 Å². The molecule has 2 aromatic rings. The Balaban J connectivity index is 1.35. The Bertz CT molecular complexity index is 795. The molecular weight excluding hydrogens is 377 g/mol. The molecule has 0 atom stereocenters. The number of halogens is 1. The maximum absolute atomic E-state index is 13.2. The Hall–Kier alpha value is -2.38. The molecule has 0 bridgehead atoms. The second-order valence-corrected chi connectivity index (χ2v) is 7.95. The van der Waals surface area contributed by atoms with Gasteiger partial charge in [0.25, 0.3) is 5.91 Å². The minimum Gasteiger partial charge on any atom is -0.331 e. The molecule has 7 heteroatoms. The van der Waals surface area contributed by atoms with E-state index in [1.54, 1.807) is 23.9 Å². The van der Waals surface area contributed by atoms with Gasteiger partial charge in [-0.15, -0.1) is 11.8 Å². The highest BCUT2D eigenvalue weighted by atomic mass is 32.2. The third-order valence-electron chi connectivity index (χ3n) is 4.67. The number of anilines is 1. The fourth-order valence-electron chi connectivity index (χ4n) is 3.18. The first-order chi connectivity index (χ1) is 13.6.